The summed E-state index contributed by atoms with van der Waals surface area (Å²) in [7, 11) is -1.98. The van der Waals surface area contributed by atoms with E-state index < -0.39 is 20.3 Å². The Balaban J connectivity index is 2.92. The normalized spacial score (nSPS) is 14.5. The fraction of sp³-hybridized carbons (Fsp3) is 0.647. The zero-order valence-corrected chi connectivity index (χ0v) is 17.2. The number of rotatable bonds is 5. The first-order chi connectivity index (χ1) is 10.2. The summed E-state index contributed by atoms with van der Waals surface area (Å²) in [5, 5.41) is 13.5. The highest BCUT2D eigenvalue weighted by Gasteiger charge is 2.39. The van der Waals surface area contributed by atoms with Gasteiger partial charge in [-0.05, 0) is 51.0 Å². The number of benzene rings is 1. The molecule has 132 valence electrons. The third-order valence-corrected chi connectivity index (χ3v) is 8.51. The van der Waals surface area contributed by atoms with Gasteiger partial charge in [0.15, 0.2) is 0 Å². The predicted molar refractivity (Wildman–Crippen MR) is 99.7 cm³/mol. The maximum absolute atomic E-state index is 9.96. The molecule has 0 aliphatic carbocycles. The average Bonchev–Trinajstić information content (AvgIpc) is 2.29. The highest BCUT2D eigenvalue weighted by atomic mass is 35.5. The first kappa shape index (κ1) is 20.3. The Labute approximate surface area is 146 Å². The molecule has 0 aromatic heterocycles. The molecule has 1 aromatic rings. The second-order valence-corrected chi connectivity index (χ2v) is 13.4. The van der Waals surface area contributed by atoms with Gasteiger partial charge in [0.2, 0.25) is 6.41 Å². The predicted octanol–water partition coefficient (Wildman–Crippen LogP) is 5.23. The average molecular weight is 360 g/mol. The quantitative estimate of drug-likeness (QED) is 0.558. The van der Waals surface area contributed by atoms with Gasteiger partial charge in [-0.3, -0.25) is 0 Å². The fourth-order valence-electron chi connectivity index (χ4n) is 1.61. The van der Waals surface area contributed by atoms with Crippen LogP contribution < -0.4 is 9.74 Å². The number of anilines is 1. The van der Waals surface area contributed by atoms with Crippen LogP contribution in [0.3, 0.4) is 0 Å². The summed E-state index contributed by atoms with van der Waals surface area (Å²) < 4.78 is 11.7. The van der Waals surface area contributed by atoms with Crippen molar-refractivity contribution in [3.8, 4) is 5.75 Å². The van der Waals surface area contributed by atoms with E-state index in [9.17, 15) is 5.11 Å². The molecular weight excluding hydrogens is 330 g/mol. The van der Waals surface area contributed by atoms with Crippen molar-refractivity contribution in [2.45, 2.75) is 71.7 Å². The van der Waals surface area contributed by atoms with Gasteiger partial charge in [-0.1, -0.05) is 32.4 Å². The topological polar surface area (TPSA) is 50.7 Å². The van der Waals surface area contributed by atoms with Crippen LogP contribution in [0.15, 0.2) is 18.2 Å². The number of hydrogen-bond acceptors (Lipinski definition) is 4. The smallest absolute Gasteiger partial charge is 0.250 e. The molecule has 0 spiro atoms. The van der Waals surface area contributed by atoms with E-state index in [0.717, 1.165) is 0 Å². The maximum Gasteiger partial charge on any atom is 0.250 e. The van der Waals surface area contributed by atoms with Gasteiger partial charge in [-0.2, -0.15) is 0 Å². The van der Waals surface area contributed by atoms with Crippen molar-refractivity contribution < 1.29 is 14.3 Å². The molecule has 23 heavy (non-hydrogen) atoms. The molecule has 0 bridgehead atoms. The largest absolute Gasteiger partial charge is 0.542 e. The summed E-state index contributed by atoms with van der Waals surface area (Å²) in [5.41, 5.74) is 0.249. The van der Waals surface area contributed by atoms with Crippen LogP contribution in [0.5, 0.6) is 5.75 Å². The fourth-order valence-corrected chi connectivity index (χ4v) is 2.85. The minimum Gasteiger partial charge on any atom is -0.542 e. The van der Waals surface area contributed by atoms with Crippen LogP contribution in [0.4, 0.5) is 5.69 Å². The van der Waals surface area contributed by atoms with E-state index in [-0.39, 0.29) is 5.04 Å². The minimum atomic E-state index is -1.98. The van der Waals surface area contributed by atoms with Crippen LogP contribution in [-0.4, -0.2) is 25.4 Å². The summed E-state index contributed by atoms with van der Waals surface area (Å²) in [4.78, 5) is 0. The molecule has 1 atom stereocenters. The summed E-state index contributed by atoms with van der Waals surface area (Å²) in [6, 6.07) is 5.35. The lowest BCUT2D eigenvalue weighted by Gasteiger charge is -2.36. The molecule has 0 heterocycles. The van der Waals surface area contributed by atoms with E-state index in [1.807, 2.05) is 20.8 Å². The summed E-state index contributed by atoms with van der Waals surface area (Å²) in [6.07, 6.45) is -1.10. The molecular formula is C17H30ClNO3Si. The molecule has 2 N–H and O–H groups in total. The van der Waals surface area contributed by atoms with Crippen molar-refractivity contribution in [3.63, 3.8) is 0 Å². The van der Waals surface area contributed by atoms with Crippen LogP contribution in [0.25, 0.3) is 0 Å². The van der Waals surface area contributed by atoms with Gasteiger partial charge < -0.3 is 19.6 Å². The van der Waals surface area contributed by atoms with Gasteiger partial charge in [0.05, 0.1) is 10.6 Å². The Morgan fingerprint density at radius 2 is 1.70 bits per heavy atom. The van der Waals surface area contributed by atoms with Crippen LogP contribution in [0.2, 0.25) is 23.2 Å². The Morgan fingerprint density at radius 1 is 1.13 bits per heavy atom. The van der Waals surface area contributed by atoms with Crippen LogP contribution in [0, 0.1) is 0 Å². The van der Waals surface area contributed by atoms with Gasteiger partial charge >= 0.3 is 0 Å². The molecule has 0 aliphatic rings. The molecule has 4 nitrogen and oxygen atoms in total. The van der Waals surface area contributed by atoms with Gasteiger partial charge in [0, 0.05) is 11.8 Å². The van der Waals surface area contributed by atoms with Crippen molar-refractivity contribution in [2.75, 3.05) is 5.32 Å². The molecule has 0 saturated carbocycles. The summed E-state index contributed by atoms with van der Waals surface area (Å²) in [6.45, 7) is 16.5. The highest BCUT2D eigenvalue weighted by molar-refractivity contribution is 6.74. The Morgan fingerprint density at radius 3 is 2.17 bits per heavy atom. The summed E-state index contributed by atoms with van der Waals surface area (Å²) in [5.74, 6) is 0.631. The SMILES string of the molecule is CC(C)(C)OC(O)Nc1ccc(Cl)c(O[Si](C)(C)C(C)(C)C)c1. The molecule has 1 rings (SSSR count). The van der Waals surface area contributed by atoms with Crippen molar-refractivity contribution in [3.05, 3.63) is 23.2 Å². The molecule has 1 unspecified atom stereocenters. The van der Waals surface area contributed by atoms with Gasteiger partial charge in [-0.25, -0.2) is 0 Å². The Bertz CT molecular complexity index is 536. The van der Waals surface area contributed by atoms with Crippen molar-refractivity contribution in [1.29, 1.82) is 0 Å². The van der Waals surface area contributed by atoms with Crippen molar-refractivity contribution in [2.24, 2.45) is 0 Å². The zero-order chi connectivity index (χ0) is 18.1. The van der Waals surface area contributed by atoms with Crippen molar-refractivity contribution >= 4 is 25.6 Å². The van der Waals surface area contributed by atoms with E-state index in [0.29, 0.717) is 16.5 Å². The Hall–Kier alpha value is -0.753. The molecule has 0 fully saturated rings. The molecule has 0 saturated heterocycles. The Kier molecular flexibility index (Phi) is 6.19. The number of ether oxygens (including phenoxy) is 1. The van der Waals surface area contributed by atoms with Crippen LogP contribution in [-0.2, 0) is 4.74 Å². The highest BCUT2D eigenvalue weighted by Crippen LogP contribution is 2.40. The molecule has 6 heteroatoms. The minimum absolute atomic E-state index is 0.0780. The molecule has 0 radical (unpaired) electrons. The van der Waals surface area contributed by atoms with E-state index >= 15 is 0 Å². The van der Waals surface area contributed by atoms with Gasteiger partial charge in [-0.15, -0.1) is 0 Å². The van der Waals surface area contributed by atoms with Gasteiger partial charge in [0.1, 0.15) is 5.75 Å². The second-order valence-electron chi connectivity index (χ2n) is 8.23. The lowest BCUT2D eigenvalue weighted by atomic mass is 10.2. The lowest BCUT2D eigenvalue weighted by molar-refractivity contribution is -0.148. The third kappa shape index (κ3) is 6.34. The lowest BCUT2D eigenvalue weighted by Crippen LogP contribution is -2.43. The zero-order valence-electron chi connectivity index (χ0n) is 15.5. The van der Waals surface area contributed by atoms with E-state index in [1.54, 1.807) is 18.2 Å². The van der Waals surface area contributed by atoms with Crippen molar-refractivity contribution in [1.82, 2.24) is 0 Å². The first-order valence-electron chi connectivity index (χ1n) is 7.82. The van der Waals surface area contributed by atoms with E-state index in [1.165, 1.54) is 0 Å². The maximum atomic E-state index is 9.96. The molecule has 0 aliphatic heterocycles. The second kappa shape index (κ2) is 7.01. The van der Waals surface area contributed by atoms with E-state index in [4.69, 9.17) is 20.8 Å². The van der Waals surface area contributed by atoms with E-state index in [2.05, 4.69) is 39.2 Å². The number of halogens is 1. The number of hydrogen-bond donors (Lipinski definition) is 2. The van der Waals surface area contributed by atoms with Crippen LogP contribution in [0.1, 0.15) is 41.5 Å². The third-order valence-electron chi connectivity index (χ3n) is 3.86. The van der Waals surface area contributed by atoms with Gasteiger partial charge in [0.25, 0.3) is 8.32 Å². The standard InChI is InChI=1S/C17H30ClNO3Si/c1-16(2,3)21-15(20)19-12-9-10-13(18)14(11-12)22-23(7,8)17(4,5)6/h9-11,15,19-20H,1-8H3. The molecule has 1 aromatic carbocycles. The first-order valence-corrected chi connectivity index (χ1v) is 11.1. The number of aliphatic hydroxyl groups excluding tert-OH is 1. The molecule has 0 amide bonds. The number of aliphatic hydroxyl groups is 1. The number of nitrogens with one attached hydrogen (secondary N) is 1. The summed E-state index contributed by atoms with van der Waals surface area (Å²) >= 11 is 6.27. The van der Waals surface area contributed by atoms with Crippen LogP contribution >= 0.6 is 11.6 Å². The monoisotopic (exact) mass is 359 g/mol.